The molecule has 0 aliphatic rings. The molecular formula is C13H12FN3O2. The van der Waals surface area contributed by atoms with Gasteiger partial charge < -0.3 is 10.1 Å². The summed E-state index contributed by atoms with van der Waals surface area (Å²) in [6, 6.07) is 5.82. The lowest BCUT2D eigenvalue weighted by Gasteiger charge is -2.06. The Bertz CT molecular complexity index is 599. The highest BCUT2D eigenvalue weighted by atomic mass is 19.1. The SMILES string of the molecule is COc1ccc(NC(=O)c2ccc(F)c(C)n2)cn1. The number of nitrogens with one attached hydrogen (secondary N) is 1. The third-order valence-corrected chi connectivity index (χ3v) is 2.46. The van der Waals surface area contributed by atoms with E-state index >= 15 is 0 Å². The number of anilines is 1. The summed E-state index contributed by atoms with van der Waals surface area (Å²) in [5.74, 6) is -0.411. The van der Waals surface area contributed by atoms with Gasteiger partial charge in [-0.15, -0.1) is 0 Å². The Labute approximate surface area is 109 Å². The fourth-order valence-corrected chi connectivity index (χ4v) is 1.44. The molecule has 2 aromatic rings. The number of aromatic nitrogens is 2. The van der Waals surface area contributed by atoms with Gasteiger partial charge in [-0.1, -0.05) is 0 Å². The number of carbonyl (C=O) groups excluding carboxylic acids is 1. The largest absolute Gasteiger partial charge is 0.481 e. The Morgan fingerprint density at radius 1 is 1.32 bits per heavy atom. The number of hydrogen-bond donors (Lipinski definition) is 1. The molecule has 0 unspecified atom stereocenters. The summed E-state index contributed by atoms with van der Waals surface area (Å²) in [5, 5.41) is 2.61. The molecule has 2 heterocycles. The van der Waals surface area contributed by atoms with Crippen LogP contribution >= 0.6 is 0 Å². The van der Waals surface area contributed by atoms with Crippen molar-refractivity contribution >= 4 is 11.6 Å². The van der Waals surface area contributed by atoms with E-state index in [1.165, 1.54) is 32.4 Å². The van der Waals surface area contributed by atoms with Gasteiger partial charge in [0.05, 0.1) is 24.7 Å². The van der Waals surface area contributed by atoms with Crippen LogP contribution in [0.3, 0.4) is 0 Å². The van der Waals surface area contributed by atoms with Crippen molar-refractivity contribution in [2.24, 2.45) is 0 Å². The van der Waals surface area contributed by atoms with Crippen molar-refractivity contribution in [3.8, 4) is 5.88 Å². The van der Waals surface area contributed by atoms with Crippen LogP contribution in [0.4, 0.5) is 10.1 Å². The maximum Gasteiger partial charge on any atom is 0.274 e. The molecule has 19 heavy (non-hydrogen) atoms. The molecule has 0 aromatic carbocycles. The number of aryl methyl sites for hydroxylation is 1. The smallest absolute Gasteiger partial charge is 0.274 e. The number of rotatable bonds is 3. The molecule has 0 aliphatic carbocycles. The van der Waals surface area contributed by atoms with Gasteiger partial charge in [-0.2, -0.15) is 0 Å². The number of pyridine rings is 2. The van der Waals surface area contributed by atoms with Gasteiger partial charge in [0.25, 0.3) is 5.91 Å². The minimum atomic E-state index is -0.442. The zero-order chi connectivity index (χ0) is 13.8. The van der Waals surface area contributed by atoms with Crippen LogP contribution in [0.15, 0.2) is 30.5 Å². The van der Waals surface area contributed by atoms with E-state index in [2.05, 4.69) is 15.3 Å². The number of hydrogen-bond acceptors (Lipinski definition) is 4. The zero-order valence-electron chi connectivity index (χ0n) is 10.5. The molecule has 0 bridgehead atoms. The van der Waals surface area contributed by atoms with Gasteiger partial charge in [0.2, 0.25) is 5.88 Å². The highest BCUT2D eigenvalue weighted by Gasteiger charge is 2.10. The molecule has 0 saturated carbocycles. The molecule has 2 aromatic heterocycles. The Morgan fingerprint density at radius 2 is 2.11 bits per heavy atom. The molecule has 0 spiro atoms. The average molecular weight is 261 g/mol. The van der Waals surface area contributed by atoms with Gasteiger partial charge >= 0.3 is 0 Å². The van der Waals surface area contributed by atoms with Crippen LogP contribution in [0.25, 0.3) is 0 Å². The van der Waals surface area contributed by atoms with E-state index in [-0.39, 0.29) is 11.4 Å². The summed E-state index contributed by atoms with van der Waals surface area (Å²) in [7, 11) is 1.51. The Morgan fingerprint density at radius 3 is 2.68 bits per heavy atom. The fourth-order valence-electron chi connectivity index (χ4n) is 1.44. The highest BCUT2D eigenvalue weighted by molar-refractivity contribution is 6.02. The molecule has 0 atom stereocenters. The number of ether oxygens (including phenoxy) is 1. The van der Waals surface area contributed by atoms with Gasteiger partial charge in [0.1, 0.15) is 11.5 Å². The van der Waals surface area contributed by atoms with Crippen molar-refractivity contribution in [1.82, 2.24) is 9.97 Å². The van der Waals surface area contributed by atoms with Crippen molar-refractivity contribution in [1.29, 1.82) is 0 Å². The molecule has 0 aliphatic heterocycles. The van der Waals surface area contributed by atoms with Gasteiger partial charge in [0.15, 0.2) is 0 Å². The van der Waals surface area contributed by atoms with Crippen molar-refractivity contribution in [3.05, 3.63) is 47.7 Å². The summed E-state index contributed by atoms with van der Waals surface area (Å²) in [4.78, 5) is 19.7. The maximum absolute atomic E-state index is 13.1. The first-order valence-corrected chi connectivity index (χ1v) is 5.54. The van der Waals surface area contributed by atoms with E-state index in [0.29, 0.717) is 11.6 Å². The van der Waals surface area contributed by atoms with Crippen LogP contribution in [0, 0.1) is 12.7 Å². The van der Waals surface area contributed by atoms with Crippen LogP contribution in [0.1, 0.15) is 16.2 Å². The lowest BCUT2D eigenvalue weighted by atomic mass is 10.3. The Hall–Kier alpha value is -2.50. The molecule has 0 fully saturated rings. The van der Waals surface area contributed by atoms with E-state index in [9.17, 15) is 9.18 Å². The lowest BCUT2D eigenvalue weighted by Crippen LogP contribution is -2.14. The van der Waals surface area contributed by atoms with Crippen LogP contribution in [-0.4, -0.2) is 23.0 Å². The average Bonchev–Trinajstić information content (AvgIpc) is 2.42. The molecule has 2 rings (SSSR count). The van der Waals surface area contributed by atoms with Crippen LogP contribution < -0.4 is 10.1 Å². The summed E-state index contributed by atoms with van der Waals surface area (Å²) in [6.45, 7) is 1.50. The maximum atomic E-state index is 13.1. The molecule has 0 saturated heterocycles. The second-order valence-electron chi connectivity index (χ2n) is 3.81. The van der Waals surface area contributed by atoms with E-state index < -0.39 is 11.7 Å². The number of amides is 1. The Kier molecular flexibility index (Phi) is 3.70. The van der Waals surface area contributed by atoms with E-state index in [4.69, 9.17) is 4.74 Å². The first kappa shape index (κ1) is 12.9. The van der Waals surface area contributed by atoms with Gasteiger partial charge in [-0.3, -0.25) is 4.79 Å². The van der Waals surface area contributed by atoms with E-state index in [1.807, 2.05) is 0 Å². The molecular weight excluding hydrogens is 249 g/mol. The first-order chi connectivity index (χ1) is 9.10. The molecule has 1 amide bonds. The Balaban J connectivity index is 2.13. The predicted molar refractivity (Wildman–Crippen MR) is 67.7 cm³/mol. The van der Waals surface area contributed by atoms with Crippen LogP contribution in [0.2, 0.25) is 0 Å². The van der Waals surface area contributed by atoms with Crippen molar-refractivity contribution in [2.75, 3.05) is 12.4 Å². The first-order valence-electron chi connectivity index (χ1n) is 5.54. The second kappa shape index (κ2) is 5.43. The minimum Gasteiger partial charge on any atom is -0.481 e. The summed E-state index contributed by atoms with van der Waals surface area (Å²) in [6.07, 6.45) is 1.47. The minimum absolute atomic E-state index is 0.148. The quantitative estimate of drug-likeness (QED) is 0.919. The summed E-state index contributed by atoms with van der Waals surface area (Å²) < 4.78 is 18.0. The molecule has 5 nitrogen and oxygen atoms in total. The third-order valence-electron chi connectivity index (χ3n) is 2.46. The topological polar surface area (TPSA) is 64.1 Å². The van der Waals surface area contributed by atoms with Gasteiger partial charge in [0, 0.05) is 6.07 Å². The highest BCUT2D eigenvalue weighted by Crippen LogP contribution is 2.12. The molecule has 98 valence electrons. The van der Waals surface area contributed by atoms with Crippen molar-refractivity contribution in [2.45, 2.75) is 6.92 Å². The predicted octanol–water partition coefficient (Wildman–Crippen LogP) is 2.19. The van der Waals surface area contributed by atoms with Crippen LogP contribution in [-0.2, 0) is 0 Å². The standard InChI is InChI=1S/C13H12FN3O2/c1-8-10(14)4-5-11(16-8)13(18)17-9-3-6-12(19-2)15-7-9/h3-7H,1-2H3,(H,17,18). The molecule has 0 radical (unpaired) electrons. The van der Waals surface area contributed by atoms with Crippen LogP contribution in [0.5, 0.6) is 5.88 Å². The van der Waals surface area contributed by atoms with Gasteiger partial charge in [-0.25, -0.2) is 14.4 Å². The number of carbonyl (C=O) groups is 1. The van der Waals surface area contributed by atoms with Crippen molar-refractivity contribution < 1.29 is 13.9 Å². The van der Waals surface area contributed by atoms with E-state index in [0.717, 1.165) is 0 Å². The third kappa shape index (κ3) is 3.04. The monoisotopic (exact) mass is 261 g/mol. The van der Waals surface area contributed by atoms with E-state index in [1.54, 1.807) is 12.1 Å². The normalized spacial score (nSPS) is 10.1. The number of methoxy groups -OCH3 is 1. The molecule has 6 heteroatoms. The van der Waals surface area contributed by atoms with Crippen molar-refractivity contribution in [3.63, 3.8) is 0 Å². The number of halogens is 1. The number of nitrogens with zero attached hydrogens (tertiary/aromatic N) is 2. The lowest BCUT2D eigenvalue weighted by molar-refractivity contribution is 0.102. The summed E-state index contributed by atoms with van der Waals surface area (Å²) >= 11 is 0. The molecule has 1 N–H and O–H groups in total. The van der Waals surface area contributed by atoms with Gasteiger partial charge in [-0.05, 0) is 25.1 Å². The fraction of sp³-hybridized carbons (Fsp3) is 0.154. The summed E-state index contributed by atoms with van der Waals surface area (Å²) in [5.41, 5.74) is 0.838. The zero-order valence-corrected chi connectivity index (χ0v) is 10.5. The second-order valence-corrected chi connectivity index (χ2v) is 3.81.